The van der Waals surface area contributed by atoms with Gasteiger partial charge >= 0.3 is 0 Å². The quantitative estimate of drug-likeness (QED) is 0.656. The van der Waals surface area contributed by atoms with Gasteiger partial charge in [0, 0.05) is 5.39 Å². The van der Waals surface area contributed by atoms with Crippen molar-refractivity contribution in [1.29, 1.82) is 0 Å². The zero-order valence-corrected chi connectivity index (χ0v) is 10.2. The molecule has 0 unspecified atom stereocenters. The van der Waals surface area contributed by atoms with Gasteiger partial charge in [0.1, 0.15) is 5.75 Å². The summed E-state index contributed by atoms with van der Waals surface area (Å²) in [7, 11) is 0. The molecule has 0 aliphatic heterocycles. The molecule has 0 fully saturated rings. The molecule has 1 N–H and O–H groups in total. The lowest BCUT2D eigenvalue weighted by Crippen LogP contribution is -1.86. The fourth-order valence-electron chi connectivity index (χ4n) is 2.35. The van der Waals surface area contributed by atoms with E-state index in [0.29, 0.717) is 5.75 Å². The van der Waals surface area contributed by atoms with Crippen LogP contribution in [-0.4, -0.2) is 5.11 Å². The molecule has 1 nitrogen and oxygen atoms in total. The van der Waals surface area contributed by atoms with Crippen molar-refractivity contribution in [2.24, 2.45) is 0 Å². The molecule has 0 radical (unpaired) electrons. The Morgan fingerprint density at radius 2 is 1.50 bits per heavy atom. The van der Waals surface area contributed by atoms with Crippen LogP contribution in [0.25, 0.3) is 21.9 Å². The fraction of sp³-hybridized carbons (Fsp3) is 0.0588. The Hall–Kier alpha value is -2.28. The molecular weight excluding hydrogens is 220 g/mol. The summed E-state index contributed by atoms with van der Waals surface area (Å²) in [5.41, 5.74) is 3.16. The monoisotopic (exact) mass is 234 g/mol. The Kier molecular flexibility index (Phi) is 2.52. The van der Waals surface area contributed by atoms with Crippen LogP contribution in [0.3, 0.4) is 0 Å². The van der Waals surface area contributed by atoms with E-state index in [4.69, 9.17) is 0 Å². The van der Waals surface area contributed by atoms with E-state index in [1.165, 1.54) is 0 Å². The van der Waals surface area contributed by atoms with Crippen molar-refractivity contribution < 1.29 is 5.11 Å². The average molecular weight is 234 g/mol. The normalized spacial score (nSPS) is 10.7. The Balaban J connectivity index is 2.34. The van der Waals surface area contributed by atoms with Crippen molar-refractivity contribution in [2.45, 2.75) is 6.92 Å². The summed E-state index contributed by atoms with van der Waals surface area (Å²) in [4.78, 5) is 0. The molecule has 0 saturated carbocycles. The van der Waals surface area contributed by atoms with E-state index in [2.05, 4.69) is 18.2 Å². The van der Waals surface area contributed by atoms with Gasteiger partial charge in [0.05, 0.1) is 0 Å². The van der Waals surface area contributed by atoms with Crippen molar-refractivity contribution in [3.05, 3.63) is 66.2 Å². The second kappa shape index (κ2) is 4.19. The maximum atomic E-state index is 10.3. The molecule has 3 aromatic rings. The summed E-state index contributed by atoms with van der Waals surface area (Å²) in [6, 6.07) is 20.2. The maximum absolute atomic E-state index is 10.3. The van der Waals surface area contributed by atoms with E-state index < -0.39 is 0 Å². The predicted octanol–water partition coefficient (Wildman–Crippen LogP) is 4.52. The fourth-order valence-corrected chi connectivity index (χ4v) is 2.35. The standard InChI is InChI=1S/C17H14O/c1-12-16(13-7-3-2-4-8-13)11-14-9-5-6-10-15(14)17(12)18/h2-11,18H,1H3. The van der Waals surface area contributed by atoms with Crippen LogP contribution in [0.15, 0.2) is 60.7 Å². The highest BCUT2D eigenvalue weighted by atomic mass is 16.3. The number of aromatic hydroxyl groups is 1. The number of hydrogen-bond donors (Lipinski definition) is 1. The van der Waals surface area contributed by atoms with Crippen LogP contribution in [-0.2, 0) is 0 Å². The molecule has 0 aliphatic rings. The van der Waals surface area contributed by atoms with Crippen LogP contribution in [0.1, 0.15) is 5.56 Å². The molecule has 18 heavy (non-hydrogen) atoms. The molecule has 1 heteroatoms. The summed E-state index contributed by atoms with van der Waals surface area (Å²) in [6.07, 6.45) is 0. The third-order valence-corrected chi connectivity index (χ3v) is 3.36. The van der Waals surface area contributed by atoms with E-state index >= 15 is 0 Å². The van der Waals surface area contributed by atoms with Gasteiger partial charge in [-0.2, -0.15) is 0 Å². The summed E-state index contributed by atoms with van der Waals surface area (Å²) in [5.74, 6) is 0.381. The molecule has 3 rings (SSSR count). The first-order chi connectivity index (χ1) is 8.77. The van der Waals surface area contributed by atoms with E-state index in [1.54, 1.807) is 0 Å². The zero-order chi connectivity index (χ0) is 12.5. The third kappa shape index (κ3) is 1.65. The number of fused-ring (bicyclic) bond motifs is 1. The Bertz CT molecular complexity index is 699. The van der Waals surface area contributed by atoms with Crippen molar-refractivity contribution in [1.82, 2.24) is 0 Å². The first-order valence-corrected chi connectivity index (χ1v) is 6.04. The summed E-state index contributed by atoms with van der Waals surface area (Å²) >= 11 is 0. The highest BCUT2D eigenvalue weighted by molar-refractivity contribution is 5.94. The molecular formula is C17H14O. The lowest BCUT2D eigenvalue weighted by Gasteiger charge is -2.11. The van der Waals surface area contributed by atoms with Gasteiger partial charge < -0.3 is 5.11 Å². The summed E-state index contributed by atoms with van der Waals surface area (Å²) < 4.78 is 0. The van der Waals surface area contributed by atoms with Crippen molar-refractivity contribution in [3.8, 4) is 16.9 Å². The van der Waals surface area contributed by atoms with Crippen molar-refractivity contribution >= 4 is 10.8 Å². The zero-order valence-electron chi connectivity index (χ0n) is 10.2. The van der Waals surface area contributed by atoms with Crippen LogP contribution in [0, 0.1) is 6.92 Å². The molecule has 0 saturated heterocycles. The molecule has 0 aliphatic carbocycles. The highest BCUT2D eigenvalue weighted by Crippen LogP contribution is 2.36. The molecule has 0 spiro atoms. The third-order valence-electron chi connectivity index (χ3n) is 3.36. The van der Waals surface area contributed by atoms with Gasteiger partial charge in [0.15, 0.2) is 0 Å². The van der Waals surface area contributed by atoms with Gasteiger partial charge in [-0.05, 0) is 35.1 Å². The molecule has 0 atom stereocenters. The Morgan fingerprint density at radius 3 is 2.28 bits per heavy atom. The van der Waals surface area contributed by atoms with Gasteiger partial charge in [-0.15, -0.1) is 0 Å². The summed E-state index contributed by atoms with van der Waals surface area (Å²) in [6.45, 7) is 1.96. The van der Waals surface area contributed by atoms with Crippen LogP contribution in [0.5, 0.6) is 5.75 Å². The number of hydrogen-bond acceptors (Lipinski definition) is 1. The lowest BCUT2D eigenvalue weighted by atomic mass is 9.95. The smallest absolute Gasteiger partial charge is 0.126 e. The molecule has 0 aromatic heterocycles. The molecule has 3 aromatic carbocycles. The lowest BCUT2D eigenvalue weighted by molar-refractivity contribution is 0.478. The minimum atomic E-state index is 0.381. The predicted molar refractivity (Wildman–Crippen MR) is 75.8 cm³/mol. The molecule has 88 valence electrons. The van der Waals surface area contributed by atoms with Gasteiger partial charge in [-0.3, -0.25) is 0 Å². The van der Waals surface area contributed by atoms with Crippen LogP contribution in [0.4, 0.5) is 0 Å². The Labute approximate surface area is 106 Å². The molecule has 0 amide bonds. The summed E-state index contributed by atoms with van der Waals surface area (Å²) in [5, 5.41) is 12.3. The second-order valence-electron chi connectivity index (χ2n) is 4.48. The van der Waals surface area contributed by atoms with Crippen molar-refractivity contribution in [2.75, 3.05) is 0 Å². The SMILES string of the molecule is Cc1c(-c2ccccc2)cc2ccccc2c1O. The number of rotatable bonds is 1. The highest BCUT2D eigenvalue weighted by Gasteiger charge is 2.09. The molecule has 0 bridgehead atoms. The number of phenols is 1. The maximum Gasteiger partial charge on any atom is 0.126 e. The number of benzene rings is 3. The van der Waals surface area contributed by atoms with Gasteiger partial charge in [0.2, 0.25) is 0 Å². The van der Waals surface area contributed by atoms with Gasteiger partial charge in [-0.25, -0.2) is 0 Å². The second-order valence-corrected chi connectivity index (χ2v) is 4.48. The largest absolute Gasteiger partial charge is 0.507 e. The van der Waals surface area contributed by atoms with Crippen LogP contribution < -0.4 is 0 Å². The van der Waals surface area contributed by atoms with Gasteiger partial charge in [-0.1, -0.05) is 54.6 Å². The van der Waals surface area contributed by atoms with Crippen molar-refractivity contribution in [3.63, 3.8) is 0 Å². The Morgan fingerprint density at radius 1 is 0.833 bits per heavy atom. The van der Waals surface area contributed by atoms with E-state index in [0.717, 1.165) is 27.5 Å². The van der Waals surface area contributed by atoms with E-state index in [-0.39, 0.29) is 0 Å². The average Bonchev–Trinajstić information content (AvgIpc) is 2.44. The van der Waals surface area contributed by atoms with Crippen LogP contribution >= 0.6 is 0 Å². The minimum absolute atomic E-state index is 0.381. The van der Waals surface area contributed by atoms with Gasteiger partial charge in [0.25, 0.3) is 0 Å². The van der Waals surface area contributed by atoms with Crippen LogP contribution in [0.2, 0.25) is 0 Å². The number of phenolic OH excluding ortho intramolecular Hbond substituents is 1. The van der Waals surface area contributed by atoms with E-state index in [1.807, 2.05) is 49.4 Å². The first-order valence-electron chi connectivity index (χ1n) is 6.04. The topological polar surface area (TPSA) is 20.2 Å². The molecule has 0 heterocycles. The minimum Gasteiger partial charge on any atom is -0.507 e. The first kappa shape index (κ1) is 10.8. The van der Waals surface area contributed by atoms with E-state index in [9.17, 15) is 5.11 Å².